The molecule has 5 heteroatoms. The van der Waals surface area contributed by atoms with Gasteiger partial charge < -0.3 is 9.47 Å². The highest BCUT2D eigenvalue weighted by atomic mass is 28.3. The van der Waals surface area contributed by atoms with Gasteiger partial charge in [0.15, 0.2) is 5.92 Å². The standard InChI is InChI=1S/C21H28O4Si/c1-20(2,3)26(6,7)14-13-16(15-11-9-8-10-12-15)17-18(22)24-21(4,5)25-19(17)23/h8-12,16-17H,1-7H3/t16-/m0/s1. The molecule has 0 amide bonds. The van der Waals surface area contributed by atoms with Crippen molar-refractivity contribution >= 4 is 20.0 Å². The molecule has 0 aliphatic carbocycles. The topological polar surface area (TPSA) is 52.6 Å². The van der Waals surface area contributed by atoms with Crippen LogP contribution in [0.2, 0.25) is 18.1 Å². The van der Waals surface area contributed by atoms with Gasteiger partial charge in [0.25, 0.3) is 5.79 Å². The summed E-state index contributed by atoms with van der Waals surface area (Å²) in [5.74, 6) is -0.794. The quantitative estimate of drug-likeness (QED) is 0.337. The molecular formula is C21H28O4Si. The van der Waals surface area contributed by atoms with Gasteiger partial charge in [-0.3, -0.25) is 9.59 Å². The Labute approximate surface area is 157 Å². The number of cyclic esters (lactones) is 2. The van der Waals surface area contributed by atoms with Crippen LogP contribution in [0.4, 0.5) is 0 Å². The minimum atomic E-state index is -1.90. The molecule has 1 aliphatic heterocycles. The number of ether oxygens (including phenoxy) is 2. The Hall–Kier alpha value is -2.06. The van der Waals surface area contributed by atoms with E-state index in [9.17, 15) is 9.59 Å². The van der Waals surface area contributed by atoms with Crippen LogP contribution < -0.4 is 0 Å². The van der Waals surface area contributed by atoms with Crippen molar-refractivity contribution in [2.24, 2.45) is 5.92 Å². The van der Waals surface area contributed by atoms with Gasteiger partial charge in [0.1, 0.15) is 8.07 Å². The SMILES string of the molecule is CC1(C)OC(=O)C([C@@H](C#C[Si](C)(C)C(C)(C)C)c2ccccc2)C(=O)O1. The molecule has 0 aromatic heterocycles. The molecule has 1 aromatic carbocycles. The van der Waals surface area contributed by atoms with Gasteiger partial charge in [0.05, 0.1) is 5.92 Å². The monoisotopic (exact) mass is 372 g/mol. The molecule has 2 rings (SSSR count). The highest BCUT2D eigenvalue weighted by Gasteiger charge is 2.47. The van der Waals surface area contributed by atoms with Gasteiger partial charge in [0, 0.05) is 13.8 Å². The van der Waals surface area contributed by atoms with E-state index in [1.54, 1.807) is 13.8 Å². The van der Waals surface area contributed by atoms with Crippen molar-refractivity contribution in [2.75, 3.05) is 0 Å². The summed E-state index contributed by atoms with van der Waals surface area (Å²) >= 11 is 0. The zero-order valence-electron chi connectivity index (χ0n) is 16.7. The third-order valence-electron chi connectivity index (χ3n) is 5.11. The van der Waals surface area contributed by atoms with E-state index < -0.39 is 37.6 Å². The number of carbonyl (C=O) groups is 2. The number of hydrogen-bond acceptors (Lipinski definition) is 4. The van der Waals surface area contributed by atoms with E-state index in [2.05, 4.69) is 45.3 Å². The van der Waals surface area contributed by atoms with Crippen molar-refractivity contribution in [3.8, 4) is 11.5 Å². The lowest BCUT2D eigenvalue weighted by Gasteiger charge is -2.35. The molecule has 140 valence electrons. The van der Waals surface area contributed by atoms with E-state index in [1.807, 2.05) is 30.3 Å². The molecule has 1 heterocycles. The Bertz CT molecular complexity index is 728. The van der Waals surface area contributed by atoms with E-state index in [1.165, 1.54) is 0 Å². The van der Waals surface area contributed by atoms with Crippen molar-refractivity contribution in [1.29, 1.82) is 0 Å². The van der Waals surface area contributed by atoms with Gasteiger partial charge in [-0.05, 0) is 10.6 Å². The van der Waals surface area contributed by atoms with Crippen LogP contribution in [0.15, 0.2) is 30.3 Å². The first-order valence-corrected chi connectivity index (χ1v) is 11.9. The van der Waals surface area contributed by atoms with Crippen LogP contribution in [0.5, 0.6) is 0 Å². The third-order valence-corrected chi connectivity index (χ3v) is 9.63. The fourth-order valence-corrected chi connectivity index (χ4v) is 3.36. The van der Waals surface area contributed by atoms with Crippen molar-refractivity contribution in [3.63, 3.8) is 0 Å². The lowest BCUT2D eigenvalue weighted by atomic mass is 9.86. The van der Waals surface area contributed by atoms with Crippen molar-refractivity contribution < 1.29 is 19.1 Å². The Morgan fingerprint density at radius 1 is 1.04 bits per heavy atom. The second kappa shape index (κ2) is 6.92. The molecule has 4 nitrogen and oxygen atoms in total. The van der Waals surface area contributed by atoms with Gasteiger partial charge in [0.2, 0.25) is 0 Å². The first-order chi connectivity index (χ1) is 11.8. The smallest absolute Gasteiger partial charge is 0.325 e. The first-order valence-electron chi connectivity index (χ1n) is 8.87. The number of hydrogen-bond donors (Lipinski definition) is 0. The van der Waals surface area contributed by atoms with Crippen LogP contribution in [0.3, 0.4) is 0 Å². The van der Waals surface area contributed by atoms with Gasteiger partial charge in [-0.2, -0.15) is 0 Å². The molecule has 0 spiro atoms. The second-order valence-electron chi connectivity index (χ2n) is 8.75. The first kappa shape index (κ1) is 20.3. The average Bonchev–Trinajstić information content (AvgIpc) is 2.48. The van der Waals surface area contributed by atoms with E-state index in [4.69, 9.17) is 9.47 Å². The average molecular weight is 373 g/mol. The summed E-state index contributed by atoms with van der Waals surface area (Å²) in [4.78, 5) is 25.2. The molecule has 1 fully saturated rings. The molecule has 0 unspecified atom stereocenters. The molecule has 1 saturated heterocycles. The van der Waals surface area contributed by atoms with E-state index in [-0.39, 0.29) is 5.04 Å². The Kier molecular flexibility index (Phi) is 5.39. The summed E-state index contributed by atoms with van der Waals surface area (Å²) in [6, 6.07) is 9.40. The van der Waals surface area contributed by atoms with Crippen LogP contribution >= 0.6 is 0 Å². The molecule has 1 atom stereocenters. The number of rotatable bonds is 2. The fourth-order valence-electron chi connectivity index (χ4n) is 2.47. The minimum absolute atomic E-state index is 0.0802. The third kappa shape index (κ3) is 4.36. The Morgan fingerprint density at radius 2 is 1.54 bits per heavy atom. The Balaban J connectivity index is 2.48. The normalized spacial score (nSPS) is 19.0. The molecule has 1 aliphatic rings. The molecule has 26 heavy (non-hydrogen) atoms. The maximum atomic E-state index is 12.6. The summed E-state index contributed by atoms with van der Waals surface area (Å²) in [5, 5.41) is 0.0802. The van der Waals surface area contributed by atoms with Gasteiger partial charge in [-0.1, -0.05) is 64.2 Å². The van der Waals surface area contributed by atoms with Crippen molar-refractivity contribution in [2.45, 2.75) is 64.5 Å². The zero-order valence-corrected chi connectivity index (χ0v) is 17.7. The Morgan fingerprint density at radius 3 is 2.00 bits per heavy atom. The molecule has 0 radical (unpaired) electrons. The van der Waals surface area contributed by atoms with Crippen LogP contribution in [-0.4, -0.2) is 25.8 Å². The minimum Gasteiger partial charge on any atom is -0.422 e. The summed E-state index contributed by atoms with van der Waals surface area (Å²) in [7, 11) is -1.90. The van der Waals surface area contributed by atoms with Crippen molar-refractivity contribution in [1.82, 2.24) is 0 Å². The van der Waals surface area contributed by atoms with E-state index in [0.717, 1.165) is 5.56 Å². The highest BCUT2D eigenvalue weighted by Crippen LogP contribution is 2.37. The molecule has 1 aromatic rings. The predicted octanol–water partition coefficient (Wildman–Crippen LogP) is 4.27. The zero-order chi connectivity index (χ0) is 19.8. The van der Waals surface area contributed by atoms with Crippen molar-refractivity contribution in [3.05, 3.63) is 35.9 Å². The van der Waals surface area contributed by atoms with Gasteiger partial charge in [-0.25, -0.2) is 0 Å². The predicted molar refractivity (Wildman–Crippen MR) is 104 cm³/mol. The lowest BCUT2D eigenvalue weighted by Crippen LogP contribution is -2.48. The maximum absolute atomic E-state index is 12.6. The largest absolute Gasteiger partial charge is 0.422 e. The molecule has 0 N–H and O–H groups in total. The summed E-state index contributed by atoms with van der Waals surface area (Å²) in [5.41, 5.74) is 4.25. The van der Waals surface area contributed by atoms with Crippen LogP contribution in [0.1, 0.15) is 46.1 Å². The number of esters is 2. The molecule has 0 saturated carbocycles. The maximum Gasteiger partial charge on any atom is 0.325 e. The molecule has 0 bridgehead atoms. The van der Waals surface area contributed by atoms with Gasteiger partial charge in [-0.15, -0.1) is 11.5 Å². The lowest BCUT2D eigenvalue weighted by molar-refractivity contribution is -0.240. The highest BCUT2D eigenvalue weighted by molar-refractivity contribution is 6.87. The van der Waals surface area contributed by atoms with Crippen LogP contribution in [-0.2, 0) is 19.1 Å². The fraction of sp³-hybridized carbons (Fsp3) is 0.524. The van der Waals surface area contributed by atoms with Gasteiger partial charge >= 0.3 is 11.9 Å². The number of carbonyl (C=O) groups excluding carboxylic acids is 2. The molecular weight excluding hydrogens is 344 g/mol. The summed E-state index contributed by atoms with van der Waals surface area (Å²) in [6.45, 7) is 14.0. The van der Waals surface area contributed by atoms with E-state index >= 15 is 0 Å². The van der Waals surface area contributed by atoms with E-state index in [0.29, 0.717) is 0 Å². The second-order valence-corrected chi connectivity index (χ2v) is 13.8. The van der Waals surface area contributed by atoms with Crippen LogP contribution in [0.25, 0.3) is 0 Å². The van der Waals surface area contributed by atoms with Crippen LogP contribution in [0, 0.1) is 17.4 Å². The summed E-state index contributed by atoms with van der Waals surface area (Å²) in [6.07, 6.45) is 0. The number of benzene rings is 1. The summed E-state index contributed by atoms with van der Waals surface area (Å²) < 4.78 is 10.6.